The van der Waals surface area contributed by atoms with Crippen LogP contribution in [0.1, 0.15) is 12.8 Å². The van der Waals surface area contributed by atoms with Crippen LogP contribution in [0, 0.1) is 17.3 Å². The Morgan fingerprint density at radius 1 is 1.41 bits per heavy atom. The SMILES string of the molecule is N#CN1CCC(Oc2cccc(F)c2Cl)CC1. The Morgan fingerprint density at radius 3 is 2.76 bits per heavy atom. The minimum Gasteiger partial charge on any atom is -0.489 e. The van der Waals surface area contributed by atoms with Gasteiger partial charge in [-0.1, -0.05) is 17.7 Å². The fraction of sp³-hybridized carbons (Fsp3) is 0.417. The van der Waals surface area contributed by atoms with Gasteiger partial charge in [0, 0.05) is 25.9 Å². The molecule has 0 aromatic heterocycles. The number of rotatable bonds is 2. The van der Waals surface area contributed by atoms with E-state index in [2.05, 4.69) is 6.19 Å². The molecule has 1 aliphatic heterocycles. The third-order valence-corrected chi connectivity index (χ3v) is 3.16. The summed E-state index contributed by atoms with van der Waals surface area (Å²) in [6, 6.07) is 4.52. The van der Waals surface area contributed by atoms with E-state index in [0.717, 1.165) is 12.8 Å². The highest BCUT2D eigenvalue weighted by atomic mass is 35.5. The highest BCUT2D eigenvalue weighted by molar-refractivity contribution is 6.32. The molecule has 0 unspecified atom stereocenters. The predicted octanol–water partition coefficient (Wildman–Crippen LogP) is 2.80. The van der Waals surface area contributed by atoms with Crippen LogP contribution in [-0.4, -0.2) is 24.1 Å². The molecule has 1 saturated heterocycles. The summed E-state index contributed by atoms with van der Waals surface area (Å²) in [6.07, 6.45) is 3.60. The first-order valence-corrected chi connectivity index (χ1v) is 5.84. The van der Waals surface area contributed by atoms with Gasteiger partial charge in [-0.25, -0.2) is 4.39 Å². The van der Waals surface area contributed by atoms with Crippen LogP contribution < -0.4 is 4.74 Å². The van der Waals surface area contributed by atoms with Gasteiger partial charge in [-0.2, -0.15) is 5.26 Å². The third kappa shape index (κ3) is 2.80. The van der Waals surface area contributed by atoms with Crippen LogP contribution in [0.3, 0.4) is 0 Å². The Labute approximate surface area is 104 Å². The molecule has 1 aliphatic rings. The maximum atomic E-state index is 13.2. The average molecular weight is 255 g/mol. The van der Waals surface area contributed by atoms with Crippen molar-refractivity contribution in [1.29, 1.82) is 5.26 Å². The molecule has 0 saturated carbocycles. The van der Waals surface area contributed by atoms with Crippen molar-refractivity contribution in [2.45, 2.75) is 18.9 Å². The summed E-state index contributed by atoms with van der Waals surface area (Å²) in [5.74, 6) is -0.0966. The van der Waals surface area contributed by atoms with Crippen LogP contribution in [0.4, 0.5) is 4.39 Å². The normalized spacial score (nSPS) is 16.6. The number of halogens is 2. The molecule has 1 aromatic rings. The van der Waals surface area contributed by atoms with E-state index in [1.807, 2.05) is 0 Å². The monoisotopic (exact) mass is 254 g/mol. The first-order chi connectivity index (χ1) is 8.20. The molecule has 1 aromatic carbocycles. The van der Waals surface area contributed by atoms with Gasteiger partial charge in [0.2, 0.25) is 0 Å². The smallest absolute Gasteiger partial charge is 0.179 e. The van der Waals surface area contributed by atoms with Gasteiger partial charge < -0.3 is 9.64 Å². The first-order valence-electron chi connectivity index (χ1n) is 5.46. The second kappa shape index (κ2) is 5.24. The third-order valence-electron chi connectivity index (χ3n) is 2.79. The molecule has 0 aliphatic carbocycles. The summed E-state index contributed by atoms with van der Waals surface area (Å²) in [7, 11) is 0. The molecular formula is C12H12ClFN2O. The fourth-order valence-corrected chi connectivity index (χ4v) is 2.00. The molecule has 0 atom stereocenters. The zero-order valence-corrected chi connectivity index (χ0v) is 9.95. The van der Waals surface area contributed by atoms with E-state index in [1.54, 1.807) is 17.0 Å². The Kier molecular flexibility index (Phi) is 3.70. The number of ether oxygens (including phenoxy) is 1. The number of hydrogen-bond acceptors (Lipinski definition) is 3. The van der Waals surface area contributed by atoms with E-state index in [1.165, 1.54) is 6.07 Å². The average Bonchev–Trinajstić information content (AvgIpc) is 2.36. The van der Waals surface area contributed by atoms with Crippen molar-refractivity contribution >= 4 is 11.6 Å². The predicted molar refractivity (Wildman–Crippen MR) is 62.2 cm³/mol. The van der Waals surface area contributed by atoms with Crippen LogP contribution in [0.2, 0.25) is 5.02 Å². The van der Waals surface area contributed by atoms with Crippen molar-refractivity contribution in [2.75, 3.05) is 13.1 Å². The zero-order chi connectivity index (χ0) is 12.3. The van der Waals surface area contributed by atoms with Crippen molar-refractivity contribution < 1.29 is 9.13 Å². The Morgan fingerprint density at radius 2 is 2.12 bits per heavy atom. The lowest BCUT2D eigenvalue weighted by atomic mass is 10.1. The number of nitriles is 1. The topological polar surface area (TPSA) is 36.3 Å². The van der Waals surface area contributed by atoms with Crippen LogP contribution >= 0.6 is 11.6 Å². The molecule has 1 heterocycles. The second-order valence-corrected chi connectivity index (χ2v) is 4.33. The van der Waals surface area contributed by atoms with Crippen molar-refractivity contribution in [3.8, 4) is 11.9 Å². The molecule has 1 fully saturated rings. The molecule has 17 heavy (non-hydrogen) atoms. The lowest BCUT2D eigenvalue weighted by Gasteiger charge is -2.28. The summed E-state index contributed by atoms with van der Waals surface area (Å²) in [4.78, 5) is 1.69. The van der Waals surface area contributed by atoms with Gasteiger partial charge in [-0.05, 0) is 12.1 Å². The molecule has 0 radical (unpaired) electrons. The van der Waals surface area contributed by atoms with E-state index >= 15 is 0 Å². The lowest BCUT2D eigenvalue weighted by molar-refractivity contribution is 0.126. The summed E-state index contributed by atoms with van der Waals surface area (Å²) in [5, 5.41) is 8.74. The highest BCUT2D eigenvalue weighted by Crippen LogP contribution is 2.29. The van der Waals surface area contributed by atoms with Crippen LogP contribution in [0.5, 0.6) is 5.75 Å². The van der Waals surface area contributed by atoms with Crippen LogP contribution in [0.15, 0.2) is 18.2 Å². The number of likely N-dealkylation sites (tertiary alicyclic amines) is 1. The highest BCUT2D eigenvalue weighted by Gasteiger charge is 2.20. The summed E-state index contributed by atoms with van der Waals surface area (Å²) in [5.41, 5.74) is 0. The van der Waals surface area contributed by atoms with Gasteiger partial charge in [-0.3, -0.25) is 0 Å². The zero-order valence-electron chi connectivity index (χ0n) is 9.20. The molecule has 3 nitrogen and oxygen atoms in total. The maximum absolute atomic E-state index is 13.2. The van der Waals surface area contributed by atoms with Gasteiger partial charge in [-0.15, -0.1) is 0 Å². The number of piperidine rings is 1. The molecule has 2 rings (SSSR count). The Balaban J connectivity index is 1.98. The second-order valence-electron chi connectivity index (χ2n) is 3.96. The van der Waals surface area contributed by atoms with Gasteiger partial charge in [0.25, 0.3) is 0 Å². The van der Waals surface area contributed by atoms with Crippen molar-refractivity contribution in [3.05, 3.63) is 29.0 Å². The largest absolute Gasteiger partial charge is 0.489 e. The first kappa shape index (κ1) is 12.0. The molecule has 5 heteroatoms. The summed E-state index contributed by atoms with van der Waals surface area (Å²) < 4.78 is 18.8. The summed E-state index contributed by atoms with van der Waals surface area (Å²) >= 11 is 5.81. The van der Waals surface area contributed by atoms with E-state index in [-0.39, 0.29) is 11.1 Å². The van der Waals surface area contributed by atoms with Gasteiger partial charge in [0.1, 0.15) is 22.7 Å². The lowest BCUT2D eigenvalue weighted by Crippen LogP contribution is -2.35. The quantitative estimate of drug-likeness (QED) is 0.762. The fourth-order valence-electron chi connectivity index (χ4n) is 1.83. The molecular weight excluding hydrogens is 243 g/mol. The van der Waals surface area contributed by atoms with Crippen molar-refractivity contribution in [1.82, 2.24) is 4.90 Å². The molecule has 0 bridgehead atoms. The van der Waals surface area contributed by atoms with Crippen molar-refractivity contribution in [3.63, 3.8) is 0 Å². The van der Waals surface area contributed by atoms with Crippen molar-refractivity contribution in [2.24, 2.45) is 0 Å². The molecule has 90 valence electrons. The number of hydrogen-bond donors (Lipinski definition) is 0. The van der Waals surface area contributed by atoms with Gasteiger partial charge >= 0.3 is 0 Å². The minimum atomic E-state index is -0.473. The summed E-state index contributed by atoms with van der Waals surface area (Å²) in [6.45, 7) is 1.35. The molecule has 0 N–H and O–H groups in total. The standard InChI is InChI=1S/C12H12ClFN2O/c13-12-10(14)2-1-3-11(12)17-9-4-6-16(8-15)7-5-9/h1-3,9H,4-7H2. The van der Waals surface area contributed by atoms with E-state index in [4.69, 9.17) is 21.6 Å². The van der Waals surface area contributed by atoms with Gasteiger partial charge in [0.05, 0.1) is 0 Å². The Hall–Kier alpha value is -1.47. The van der Waals surface area contributed by atoms with E-state index in [0.29, 0.717) is 18.8 Å². The molecule has 0 amide bonds. The number of nitrogens with zero attached hydrogens (tertiary/aromatic N) is 2. The Bertz CT molecular complexity index is 439. The van der Waals surface area contributed by atoms with E-state index < -0.39 is 5.82 Å². The molecule has 0 spiro atoms. The number of benzene rings is 1. The maximum Gasteiger partial charge on any atom is 0.179 e. The minimum absolute atomic E-state index is 0.00102. The van der Waals surface area contributed by atoms with E-state index in [9.17, 15) is 4.39 Å². The van der Waals surface area contributed by atoms with Crippen LogP contribution in [-0.2, 0) is 0 Å². The van der Waals surface area contributed by atoms with Gasteiger partial charge in [0.15, 0.2) is 6.19 Å². The van der Waals surface area contributed by atoms with Crippen LogP contribution in [0.25, 0.3) is 0 Å².